The van der Waals surface area contributed by atoms with Gasteiger partial charge in [0, 0.05) is 31.8 Å². The number of hydrogen-bond acceptors (Lipinski definition) is 4. The molecule has 1 atom stereocenters. The number of ether oxygens (including phenoxy) is 1. The summed E-state index contributed by atoms with van der Waals surface area (Å²) in [4.78, 5) is 2.16. The molecule has 2 N–H and O–H groups in total. The van der Waals surface area contributed by atoms with Crippen LogP contribution in [0.25, 0.3) is 0 Å². The average Bonchev–Trinajstić information content (AvgIpc) is 2.66. The molecule has 0 spiro atoms. The molecule has 1 rings (SSSR count). The van der Waals surface area contributed by atoms with Gasteiger partial charge in [-0.3, -0.25) is 4.90 Å². The van der Waals surface area contributed by atoms with Crippen LogP contribution in [0, 0.1) is 0 Å². The smallest absolute Gasteiger partial charge is 0.0947 e. The van der Waals surface area contributed by atoms with Gasteiger partial charge in [-0.1, -0.05) is 0 Å². The van der Waals surface area contributed by atoms with Crippen molar-refractivity contribution in [3.8, 4) is 0 Å². The van der Waals surface area contributed by atoms with E-state index in [0.717, 1.165) is 12.1 Å². The fraction of sp³-hybridized carbons (Fsp3) is 0.600. The number of nitrogens with zero attached hydrogens (tertiary/aromatic N) is 1. The largest absolute Gasteiger partial charge is 0.472 e. The highest BCUT2D eigenvalue weighted by Crippen LogP contribution is 2.06. The van der Waals surface area contributed by atoms with Crippen LogP contribution in [0.4, 0.5) is 0 Å². The lowest BCUT2D eigenvalue weighted by Crippen LogP contribution is -2.40. The van der Waals surface area contributed by atoms with Crippen molar-refractivity contribution in [2.75, 3.05) is 27.3 Å². The highest BCUT2D eigenvalue weighted by atomic mass is 16.5. The maximum Gasteiger partial charge on any atom is 0.0947 e. The van der Waals surface area contributed by atoms with Crippen molar-refractivity contribution in [2.45, 2.75) is 12.6 Å². The number of hydrogen-bond donors (Lipinski definition) is 1. The van der Waals surface area contributed by atoms with Gasteiger partial charge in [0.25, 0.3) is 0 Å². The molecule has 1 aromatic heterocycles. The molecule has 0 aliphatic heterocycles. The van der Waals surface area contributed by atoms with E-state index in [4.69, 9.17) is 14.9 Å². The maximum absolute atomic E-state index is 5.64. The zero-order valence-corrected chi connectivity index (χ0v) is 8.77. The van der Waals surface area contributed by atoms with Crippen LogP contribution in [0.5, 0.6) is 0 Å². The molecule has 80 valence electrons. The van der Waals surface area contributed by atoms with E-state index in [1.807, 2.05) is 13.1 Å². The molecule has 4 heteroatoms. The summed E-state index contributed by atoms with van der Waals surface area (Å²) in [5.74, 6) is 0. The van der Waals surface area contributed by atoms with Crippen LogP contribution in [0.3, 0.4) is 0 Å². The average molecular weight is 198 g/mol. The van der Waals surface area contributed by atoms with Gasteiger partial charge in [0.15, 0.2) is 0 Å². The second kappa shape index (κ2) is 5.80. The summed E-state index contributed by atoms with van der Waals surface area (Å²) in [6.45, 7) is 2.09. The van der Waals surface area contributed by atoms with Crippen LogP contribution in [-0.2, 0) is 11.3 Å². The van der Waals surface area contributed by atoms with Gasteiger partial charge in [-0.15, -0.1) is 0 Å². The molecule has 0 fully saturated rings. The van der Waals surface area contributed by atoms with Crippen molar-refractivity contribution in [3.63, 3.8) is 0 Å². The van der Waals surface area contributed by atoms with Crippen LogP contribution in [0.15, 0.2) is 23.0 Å². The molecule has 0 amide bonds. The highest BCUT2D eigenvalue weighted by molar-refractivity contribution is 5.05. The summed E-state index contributed by atoms with van der Waals surface area (Å²) in [6, 6.07) is 2.21. The third-order valence-electron chi connectivity index (χ3n) is 2.27. The molecule has 1 aromatic rings. The lowest BCUT2D eigenvalue weighted by atomic mass is 10.2. The van der Waals surface area contributed by atoms with Crippen LogP contribution in [0.1, 0.15) is 5.56 Å². The Morgan fingerprint density at radius 1 is 1.64 bits per heavy atom. The molecule has 0 saturated carbocycles. The van der Waals surface area contributed by atoms with Crippen molar-refractivity contribution in [1.82, 2.24) is 4.90 Å². The lowest BCUT2D eigenvalue weighted by Gasteiger charge is -2.25. The van der Waals surface area contributed by atoms with Crippen molar-refractivity contribution >= 4 is 0 Å². The van der Waals surface area contributed by atoms with Crippen LogP contribution in [-0.4, -0.2) is 38.3 Å². The van der Waals surface area contributed by atoms with Crippen molar-refractivity contribution in [3.05, 3.63) is 24.2 Å². The van der Waals surface area contributed by atoms with Gasteiger partial charge in [-0.25, -0.2) is 0 Å². The standard InChI is InChI=1S/C10H18N2O2/c1-12(10(5-11)8-13-2)6-9-3-4-14-7-9/h3-4,7,10H,5-6,8,11H2,1-2H3. The number of nitrogens with two attached hydrogens (primary N) is 1. The lowest BCUT2D eigenvalue weighted by molar-refractivity contribution is 0.106. The van der Waals surface area contributed by atoms with Crippen LogP contribution in [0.2, 0.25) is 0 Å². The summed E-state index contributed by atoms with van der Waals surface area (Å²) in [6.07, 6.45) is 3.42. The Labute approximate surface area is 84.6 Å². The van der Waals surface area contributed by atoms with Crippen molar-refractivity contribution in [1.29, 1.82) is 0 Å². The van der Waals surface area contributed by atoms with E-state index in [1.165, 1.54) is 0 Å². The van der Waals surface area contributed by atoms with E-state index in [2.05, 4.69) is 4.90 Å². The van der Waals surface area contributed by atoms with Gasteiger partial charge in [0.2, 0.25) is 0 Å². The molecule has 1 unspecified atom stereocenters. The van der Waals surface area contributed by atoms with E-state index in [1.54, 1.807) is 19.6 Å². The van der Waals surface area contributed by atoms with Gasteiger partial charge < -0.3 is 14.9 Å². The molecule has 0 aliphatic carbocycles. The van der Waals surface area contributed by atoms with Gasteiger partial charge >= 0.3 is 0 Å². The van der Waals surface area contributed by atoms with E-state index < -0.39 is 0 Å². The highest BCUT2D eigenvalue weighted by Gasteiger charge is 2.13. The van der Waals surface area contributed by atoms with Gasteiger partial charge in [-0.2, -0.15) is 0 Å². The molecule has 14 heavy (non-hydrogen) atoms. The van der Waals surface area contributed by atoms with E-state index in [-0.39, 0.29) is 6.04 Å². The monoisotopic (exact) mass is 198 g/mol. The molecule has 0 bridgehead atoms. The fourth-order valence-corrected chi connectivity index (χ4v) is 1.37. The summed E-state index contributed by atoms with van der Waals surface area (Å²) in [5.41, 5.74) is 6.80. The van der Waals surface area contributed by atoms with E-state index in [0.29, 0.717) is 13.2 Å². The first-order valence-electron chi connectivity index (χ1n) is 4.68. The predicted octanol–water partition coefficient (Wildman–Crippen LogP) is 0.685. The Morgan fingerprint density at radius 3 is 2.93 bits per heavy atom. The number of furan rings is 1. The topological polar surface area (TPSA) is 51.6 Å². The first kappa shape index (κ1) is 11.2. The fourth-order valence-electron chi connectivity index (χ4n) is 1.37. The minimum Gasteiger partial charge on any atom is -0.472 e. The first-order chi connectivity index (χ1) is 6.77. The summed E-state index contributed by atoms with van der Waals surface area (Å²) in [5, 5.41) is 0. The Balaban J connectivity index is 2.43. The number of rotatable bonds is 6. The zero-order valence-electron chi connectivity index (χ0n) is 8.77. The molecule has 0 saturated heterocycles. The van der Waals surface area contributed by atoms with Gasteiger partial charge in [0.1, 0.15) is 0 Å². The summed E-state index contributed by atoms with van der Waals surface area (Å²) >= 11 is 0. The number of likely N-dealkylation sites (N-methyl/N-ethyl adjacent to an activating group) is 1. The Kier molecular flexibility index (Phi) is 4.65. The van der Waals surface area contributed by atoms with Crippen molar-refractivity contribution in [2.24, 2.45) is 5.73 Å². The second-order valence-electron chi connectivity index (χ2n) is 3.39. The molecule has 0 radical (unpaired) electrons. The minimum atomic E-state index is 0.259. The molecule has 0 aliphatic rings. The third kappa shape index (κ3) is 3.14. The van der Waals surface area contributed by atoms with E-state index in [9.17, 15) is 0 Å². The van der Waals surface area contributed by atoms with Crippen LogP contribution >= 0.6 is 0 Å². The maximum atomic E-state index is 5.64. The minimum absolute atomic E-state index is 0.259. The Bertz CT molecular complexity index is 236. The molecule has 4 nitrogen and oxygen atoms in total. The second-order valence-corrected chi connectivity index (χ2v) is 3.39. The van der Waals surface area contributed by atoms with Gasteiger partial charge in [0.05, 0.1) is 19.1 Å². The normalized spacial score (nSPS) is 13.4. The molecular weight excluding hydrogens is 180 g/mol. The van der Waals surface area contributed by atoms with Crippen LogP contribution < -0.4 is 5.73 Å². The summed E-state index contributed by atoms with van der Waals surface area (Å²) < 4.78 is 10.1. The molecule has 0 aromatic carbocycles. The molecule has 1 heterocycles. The van der Waals surface area contributed by atoms with E-state index >= 15 is 0 Å². The predicted molar refractivity (Wildman–Crippen MR) is 54.9 cm³/mol. The first-order valence-corrected chi connectivity index (χ1v) is 4.68. The zero-order chi connectivity index (χ0) is 10.4. The van der Waals surface area contributed by atoms with Gasteiger partial charge in [-0.05, 0) is 13.1 Å². The third-order valence-corrected chi connectivity index (χ3v) is 2.27. The SMILES string of the molecule is COCC(CN)N(C)Cc1ccoc1. The Morgan fingerprint density at radius 2 is 2.43 bits per heavy atom. The Hall–Kier alpha value is -0.840. The quantitative estimate of drug-likeness (QED) is 0.730. The van der Waals surface area contributed by atoms with Crippen molar-refractivity contribution < 1.29 is 9.15 Å². The summed E-state index contributed by atoms with van der Waals surface area (Å²) in [7, 11) is 3.72. The molecular formula is C10H18N2O2. The number of methoxy groups -OCH3 is 1.